The number of rotatable bonds is 3. The Morgan fingerprint density at radius 2 is 2.31 bits per heavy atom. The molecule has 0 aliphatic rings. The zero-order valence-electron chi connectivity index (χ0n) is 8.54. The van der Waals surface area contributed by atoms with Crippen LogP contribution in [-0.2, 0) is 16.0 Å². The standard InChI is InChI=1S/C11H9Br2NO2/c1-16-11(15)10(13)5-7-2-3-9(12)4-8(7)6-14/h2-4,10H,5H2,1H3. The molecule has 0 N–H and O–H groups in total. The molecular formula is C11H9Br2NO2. The van der Waals surface area contributed by atoms with Crippen molar-refractivity contribution in [1.29, 1.82) is 5.26 Å². The Morgan fingerprint density at radius 3 is 2.88 bits per heavy atom. The maximum atomic E-state index is 11.2. The number of methoxy groups -OCH3 is 1. The van der Waals surface area contributed by atoms with E-state index < -0.39 is 4.83 Å². The van der Waals surface area contributed by atoms with Gasteiger partial charge >= 0.3 is 5.97 Å². The smallest absolute Gasteiger partial charge is 0.319 e. The van der Waals surface area contributed by atoms with Crippen molar-refractivity contribution in [1.82, 2.24) is 0 Å². The molecule has 1 aromatic carbocycles. The van der Waals surface area contributed by atoms with E-state index in [9.17, 15) is 4.79 Å². The van der Waals surface area contributed by atoms with Crippen LogP contribution in [0.1, 0.15) is 11.1 Å². The number of alkyl halides is 1. The molecule has 84 valence electrons. The summed E-state index contributed by atoms with van der Waals surface area (Å²) in [5, 5.41) is 8.95. The Labute approximate surface area is 111 Å². The van der Waals surface area contributed by atoms with Crippen LogP contribution >= 0.6 is 31.9 Å². The van der Waals surface area contributed by atoms with Gasteiger partial charge in [-0.2, -0.15) is 5.26 Å². The maximum Gasteiger partial charge on any atom is 0.319 e. The van der Waals surface area contributed by atoms with Gasteiger partial charge in [0.1, 0.15) is 4.83 Å². The van der Waals surface area contributed by atoms with E-state index in [4.69, 9.17) is 5.26 Å². The van der Waals surface area contributed by atoms with Gasteiger partial charge in [-0.3, -0.25) is 4.79 Å². The molecule has 1 unspecified atom stereocenters. The molecule has 0 amide bonds. The van der Waals surface area contributed by atoms with Crippen LogP contribution < -0.4 is 0 Å². The van der Waals surface area contributed by atoms with Crippen LogP contribution in [0.2, 0.25) is 0 Å². The van der Waals surface area contributed by atoms with Crippen molar-refractivity contribution < 1.29 is 9.53 Å². The Hall–Kier alpha value is -0.860. The summed E-state index contributed by atoms with van der Waals surface area (Å²) in [7, 11) is 1.34. The van der Waals surface area contributed by atoms with Gasteiger partial charge in [-0.1, -0.05) is 37.9 Å². The third-order valence-electron chi connectivity index (χ3n) is 2.05. The van der Waals surface area contributed by atoms with Gasteiger partial charge in [-0.15, -0.1) is 0 Å². The quantitative estimate of drug-likeness (QED) is 0.624. The van der Waals surface area contributed by atoms with Crippen LogP contribution in [0.5, 0.6) is 0 Å². The molecule has 1 atom stereocenters. The molecule has 0 fully saturated rings. The minimum atomic E-state index is -0.425. The van der Waals surface area contributed by atoms with Gasteiger partial charge in [0.15, 0.2) is 0 Å². The Bertz CT molecular complexity index is 440. The normalized spacial score (nSPS) is 11.6. The molecule has 16 heavy (non-hydrogen) atoms. The molecule has 0 radical (unpaired) electrons. The number of carbonyl (C=O) groups excluding carboxylic acids is 1. The number of nitriles is 1. The molecule has 0 aromatic heterocycles. The van der Waals surface area contributed by atoms with Gasteiger partial charge < -0.3 is 4.74 Å². The lowest BCUT2D eigenvalue weighted by molar-refractivity contribution is -0.139. The van der Waals surface area contributed by atoms with Crippen LogP contribution in [0.15, 0.2) is 22.7 Å². The molecule has 5 heteroatoms. The van der Waals surface area contributed by atoms with E-state index in [0.29, 0.717) is 12.0 Å². The molecule has 1 aromatic rings. The number of carbonyl (C=O) groups is 1. The van der Waals surface area contributed by atoms with Crippen LogP contribution in [-0.4, -0.2) is 17.9 Å². The van der Waals surface area contributed by atoms with Crippen molar-refractivity contribution in [2.75, 3.05) is 7.11 Å². The summed E-state index contributed by atoms with van der Waals surface area (Å²) in [4.78, 5) is 10.8. The molecule has 1 rings (SSSR count). The highest BCUT2D eigenvalue weighted by atomic mass is 79.9. The first kappa shape index (κ1) is 13.2. The van der Waals surface area contributed by atoms with E-state index in [2.05, 4.69) is 42.7 Å². The zero-order chi connectivity index (χ0) is 12.1. The second-order valence-corrected chi connectivity index (χ2v) is 5.13. The fraction of sp³-hybridized carbons (Fsp3) is 0.273. The van der Waals surface area contributed by atoms with Crippen molar-refractivity contribution in [3.8, 4) is 6.07 Å². The summed E-state index contributed by atoms with van der Waals surface area (Å²) in [5.41, 5.74) is 1.38. The molecule has 0 saturated carbocycles. The number of ether oxygens (including phenoxy) is 1. The minimum absolute atomic E-state index is 0.341. The average Bonchev–Trinajstić information content (AvgIpc) is 2.30. The molecule has 3 nitrogen and oxygen atoms in total. The van der Waals surface area contributed by atoms with Gasteiger partial charge in [0, 0.05) is 4.47 Å². The second-order valence-electron chi connectivity index (χ2n) is 3.11. The molecule has 0 bridgehead atoms. The number of nitrogens with zero attached hydrogens (tertiary/aromatic N) is 1. The van der Waals surface area contributed by atoms with E-state index in [0.717, 1.165) is 10.0 Å². The van der Waals surface area contributed by atoms with Crippen molar-refractivity contribution in [3.63, 3.8) is 0 Å². The largest absolute Gasteiger partial charge is 0.468 e. The van der Waals surface area contributed by atoms with Crippen molar-refractivity contribution in [3.05, 3.63) is 33.8 Å². The van der Waals surface area contributed by atoms with Crippen molar-refractivity contribution >= 4 is 37.8 Å². The van der Waals surface area contributed by atoms with Gasteiger partial charge in [-0.05, 0) is 24.1 Å². The fourth-order valence-electron chi connectivity index (χ4n) is 1.24. The third-order valence-corrected chi connectivity index (χ3v) is 3.24. The van der Waals surface area contributed by atoms with E-state index >= 15 is 0 Å². The molecule has 0 aliphatic heterocycles. The second kappa shape index (κ2) is 6.02. The lowest BCUT2D eigenvalue weighted by Crippen LogP contribution is -2.18. The third kappa shape index (κ3) is 3.32. The van der Waals surface area contributed by atoms with Crippen LogP contribution in [0.25, 0.3) is 0 Å². The van der Waals surface area contributed by atoms with Gasteiger partial charge in [-0.25, -0.2) is 0 Å². The summed E-state index contributed by atoms with van der Waals surface area (Å²) < 4.78 is 5.45. The van der Waals surface area contributed by atoms with Gasteiger partial charge in [0.05, 0.1) is 18.7 Å². The highest BCUT2D eigenvalue weighted by Gasteiger charge is 2.17. The highest BCUT2D eigenvalue weighted by Crippen LogP contribution is 2.19. The summed E-state index contributed by atoms with van der Waals surface area (Å²) in [6.07, 6.45) is 0.433. The van der Waals surface area contributed by atoms with E-state index in [1.807, 2.05) is 12.1 Å². The lowest BCUT2D eigenvalue weighted by atomic mass is 10.0. The predicted molar refractivity (Wildman–Crippen MR) is 67.3 cm³/mol. The predicted octanol–water partition coefficient (Wildman–Crippen LogP) is 2.80. The summed E-state index contributed by atoms with van der Waals surface area (Å²) in [6, 6.07) is 7.48. The molecular weight excluding hydrogens is 338 g/mol. The monoisotopic (exact) mass is 345 g/mol. The Balaban J connectivity index is 2.90. The number of hydrogen-bond acceptors (Lipinski definition) is 3. The number of esters is 1. The number of hydrogen-bond donors (Lipinski definition) is 0. The SMILES string of the molecule is COC(=O)C(Br)Cc1ccc(Br)cc1C#N. The first-order chi connectivity index (χ1) is 7.58. The highest BCUT2D eigenvalue weighted by molar-refractivity contribution is 9.10. The number of halogens is 2. The Morgan fingerprint density at radius 1 is 1.62 bits per heavy atom. The fourth-order valence-corrected chi connectivity index (χ4v) is 2.13. The van der Waals surface area contributed by atoms with E-state index in [1.54, 1.807) is 6.07 Å². The number of benzene rings is 1. The molecule has 0 aliphatic carbocycles. The first-order valence-electron chi connectivity index (χ1n) is 4.49. The topological polar surface area (TPSA) is 50.1 Å². The van der Waals surface area contributed by atoms with Crippen molar-refractivity contribution in [2.45, 2.75) is 11.2 Å². The summed E-state index contributed by atoms with van der Waals surface area (Å²) >= 11 is 6.52. The minimum Gasteiger partial charge on any atom is -0.468 e. The average molecular weight is 347 g/mol. The summed E-state index contributed by atoms with van der Waals surface area (Å²) in [6.45, 7) is 0. The molecule has 0 spiro atoms. The maximum absolute atomic E-state index is 11.2. The van der Waals surface area contributed by atoms with Gasteiger partial charge in [0.25, 0.3) is 0 Å². The van der Waals surface area contributed by atoms with Gasteiger partial charge in [0.2, 0.25) is 0 Å². The lowest BCUT2D eigenvalue weighted by Gasteiger charge is -2.09. The van der Waals surface area contributed by atoms with Crippen LogP contribution in [0.4, 0.5) is 0 Å². The van der Waals surface area contributed by atoms with E-state index in [-0.39, 0.29) is 5.97 Å². The molecule has 0 heterocycles. The zero-order valence-corrected chi connectivity index (χ0v) is 11.7. The van der Waals surface area contributed by atoms with Crippen LogP contribution in [0, 0.1) is 11.3 Å². The summed E-state index contributed by atoms with van der Waals surface area (Å²) in [5.74, 6) is -0.341. The van der Waals surface area contributed by atoms with E-state index in [1.165, 1.54) is 7.11 Å². The Kier molecular flexibility index (Phi) is 4.97. The molecule has 0 saturated heterocycles. The van der Waals surface area contributed by atoms with Crippen LogP contribution in [0.3, 0.4) is 0 Å². The first-order valence-corrected chi connectivity index (χ1v) is 6.19. The van der Waals surface area contributed by atoms with Crippen molar-refractivity contribution in [2.24, 2.45) is 0 Å².